The van der Waals surface area contributed by atoms with Crippen LogP contribution >= 0.6 is 7.82 Å². The number of alkyl halides is 6. The van der Waals surface area contributed by atoms with Crippen molar-refractivity contribution in [3.63, 3.8) is 0 Å². The van der Waals surface area contributed by atoms with Crippen LogP contribution in [-0.2, 0) is 34.5 Å². The molecule has 2 aromatic rings. The highest BCUT2D eigenvalue weighted by Crippen LogP contribution is 2.39. The highest BCUT2D eigenvalue weighted by Gasteiger charge is 2.35. The van der Waals surface area contributed by atoms with E-state index in [0.29, 0.717) is 31.2 Å². The van der Waals surface area contributed by atoms with Crippen LogP contribution in [0.15, 0.2) is 42.5 Å². The van der Waals surface area contributed by atoms with Crippen LogP contribution in [0.25, 0.3) is 0 Å². The van der Waals surface area contributed by atoms with Gasteiger partial charge in [0.25, 0.3) is 0 Å². The summed E-state index contributed by atoms with van der Waals surface area (Å²) in [5.74, 6) is -0.262. The molecule has 0 unspecified atom stereocenters. The fourth-order valence-electron chi connectivity index (χ4n) is 4.91. The van der Waals surface area contributed by atoms with Crippen molar-refractivity contribution in [2.75, 3.05) is 13.2 Å². The number of halogens is 6. The minimum Gasteiger partial charge on any atom is -0.493 e. The molecule has 0 amide bonds. The van der Waals surface area contributed by atoms with E-state index in [4.69, 9.17) is 20.3 Å². The van der Waals surface area contributed by atoms with E-state index in [0.717, 1.165) is 50.2 Å². The number of phosphoric ester groups is 1. The van der Waals surface area contributed by atoms with Gasteiger partial charge < -0.3 is 20.3 Å². The number of hydrogen-bond donors (Lipinski definition) is 3. The SMILES string of the molecule is CC[C@@](N)(CCc1ccc(OCCCc2ccc(CCCCCCCCCC(F)(F)F)cc2)c(C(F)(F)F)c1)COP(=O)(O)O. The smallest absolute Gasteiger partial charge is 0.469 e. The number of nitrogens with two attached hydrogens (primary N) is 1. The Hall–Kier alpha value is -2.11. The van der Waals surface area contributed by atoms with E-state index in [1.165, 1.54) is 17.7 Å². The number of phosphoric acid groups is 1. The van der Waals surface area contributed by atoms with Gasteiger partial charge in [-0.3, -0.25) is 4.52 Å². The van der Waals surface area contributed by atoms with Gasteiger partial charge in [-0.05, 0) is 80.2 Å². The molecule has 0 bridgehead atoms. The Morgan fingerprint density at radius 3 is 1.80 bits per heavy atom. The molecule has 45 heavy (non-hydrogen) atoms. The zero-order valence-electron chi connectivity index (χ0n) is 25.8. The minimum atomic E-state index is -4.72. The second-order valence-electron chi connectivity index (χ2n) is 11.7. The molecular weight excluding hydrogens is 623 g/mol. The first-order chi connectivity index (χ1) is 21.0. The fourth-order valence-corrected chi connectivity index (χ4v) is 5.33. The van der Waals surface area contributed by atoms with E-state index < -0.39 is 44.3 Å². The number of rotatable bonds is 21. The van der Waals surface area contributed by atoms with E-state index in [2.05, 4.69) is 4.52 Å². The van der Waals surface area contributed by atoms with Crippen LogP contribution in [-0.4, -0.2) is 34.7 Å². The zero-order chi connectivity index (χ0) is 33.6. The summed E-state index contributed by atoms with van der Waals surface area (Å²) in [4.78, 5) is 17.9. The van der Waals surface area contributed by atoms with Gasteiger partial charge in [0.05, 0.1) is 18.8 Å². The molecule has 4 N–H and O–H groups in total. The first-order valence-electron chi connectivity index (χ1n) is 15.5. The van der Waals surface area contributed by atoms with Gasteiger partial charge >= 0.3 is 20.2 Å². The standard InChI is InChI=1S/C32H46F6NO5P/c1-2-30(39,24-44-45(40,41)42)21-19-27-17-18-29(28(23-27)32(36,37)38)43-22-10-12-26-15-13-25(14-16-26)11-8-6-4-3-5-7-9-20-31(33,34)35/h13-18,23H,2-12,19-22,24,39H2,1H3,(H2,40,41,42)/t30-/m1/s1. The van der Waals surface area contributed by atoms with Crippen LogP contribution < -0.4 is 10.5 Å². The van der Waals surface area contributed by atoms with E-state index in [-0.39, 0.29) is 31.6 Å². The summed E-state index contributed by atoms with van der Waals surface area (Å²) in [7, 11) is -4.72. The molecule has 0 spiro atoms. The van der Waals surface area contributed by atoms with Crippen molar-refractivity contribution in [1.82, 2.24) is 0 Å². The number of hydrogen-bond acceptors (Lipinski definition) is 4. The van der Waals surface area contributed by atoms with Crippen molar-refractivity contribution in [3.8, 4) is 5.75 Å². The van der Waals surface area contributed by atoms with Crippen molar-refractivity contribution in [3.05, 3.63) is 64.7 Å². The summed E-state index contributed by atoms with van der Waals surface area (Å²) in [6, 6.07) is 11.9. The van der Waals surface area contributed by atoms with Crippen LogP contribution in [0.1, 0.15) is 99.8 Å². The van der Waals surface area contributed by atoms with Gasteiger partial charge in [0.2, 0.25) is 0 Å². The van der Waals surface area contributed by atoms with E-state index in [1.54, 1.807) is 6.92 Å². The van der Waals surface area contributed by atoms with Gasteiger partial charge in [-0.15, -0.1) is 0 Å². The molecule has 0 aliphatic heterocycles. The lowest BCUT2D eigenvalue weighted by Crippen LogP contribution is -2.44. The average molecular weight is 670 g/mol. The fraction of sp³-hybridized carbons (Fsp3) is 0.625. The van der Waals surface area contributed by atoms with Gasteiger partial charge in [-0.2, -0.15) is 26.3 Å². The largest absolute Gasteiger partial charge is 0.493 e. The molecule has 6 nitrogen and oxygen atoms in total. The highest BCUT2D eigenvalue weighted by atomic mass is 31.2. The predicted molar refractivity (Wildman–Crippen MR) is 162 cm³/mol. The first-order valence-corrected chi connectivity index (χ1v) is 17.0. The predicted octanol–water partition coefficient (Wildman–Crippen LogP) is 9.09. The molecule has 2 aromatic carbocycles. The normalized spacial score (nSPS) is 14.0. The van der Waals surface area contributed by atoms with Gasteiger partial charge in [0.15, 0.2) is 0 Å². The number of unbranched alkanes of at least 4 members (excludes halogenated alkanes) is 6. The molecular formula is C32H46F6NO5P. The summed E-state index contributed by atoms with van der Waals surface area (Å²) in [6.45, 7) is 1.38. The van der Waals surface area contributed by atoms with E-state index in [9.17, 15) is 30.9 Å². The van der Waals surface area contributed by atoms with Crippen LogP contribution in [0.4, 0.5) is 26.3 Å². The zero-order valence-corrected chi connectivity index (χ0v) is 26.7. The van der Waals surface area contributed by atoms with Crippen LogP contribution in [0.3, 0.4) is 0 Å². The second-order valence-corrected chi connectivity index (χ2v) is 12.9. The van der Waals surface area contributed by atoms with Gasteiger partial charge in [-0.25, -0.2) is 4.57 Å². The topological polar surface area (TPSA) is 102 Å². The maximum atomic E-state index is 13.8. The molecule has 0 saturated carbocycles. The monoisotopic (exact) mass is 669 g/mol. The maximum absolute atomic E-state index is 13.8. The average Bonchev–Trinajstić information content (AvgIpc) is 2.96. The van der Waals surface area contributed by atoms with Gasteiger partial charge in [-0.1, -0.05) is 69.4 Å². The molecule has 0 fully saturated rings. The quantitative estimate of drug-likeness (QED) is 0.0697. The summed E-state index contributed by atoms with van der Waals surface area (Å²) < 4.78 is 99.0. The number of benzene rings is 2. The van der Waals surface area contributed by atoms with Crippen molar-refractivity contribution in [2.24, 2.45) is 5.73 Å². The van der Waals surface area contributed by atoms with Crippen LogP contribution in [0.5, 0.6) is 5.75 Å². The molecule has 0 aliphatic rings. The van der Waals surface area contributed by atoms with Gasteiger partial charge in [0.1, 0.15) is 5.75 Å². The molecule has 0 radical (unpaired) electrons. The number of ether oxygens (including phenoxy) is 1. The Balaban J connectivity index is 1.75. The van der Waals surface area contributed by atoms with E-state index in [1.807, 2.05) is 24.3 Å². The molecule has 2 rings (SSSR count). The molecule has 0 saturated heterocycles. The summed E-state index contributed by atoms with van der Waals surface area (Å²) in [6.07, 6.45) is -1.07. The lowest BCUT2D eigenvalue weighted by atomic mass is 9.90. The Morgan fingerprint density at radius 2 is 1.27 bits per heavy atom. The van der Waals surface area contributed by atoms with Crippen molar-refractivity contribution < 1.29 is 50.0 Å². The van der Waals surface area contributed by atoms with Gasteiger partial charge in [0, 0.05) is 12.0 Å². The lowest BCUT2D eigenvalue weighted by Gasteiger charge is -2.28. The third-order valence-electron chi connectivity index (χ3n) is 7.80. The van der Waals surface area contributed by atoms with Crippen LogP contribution in [0.2, 0.25) is 0 Å². The maximum Gasteiger partial charge on any atom is 0.469 e. The highest BCUT2D eigenvalue weighted by molar-refractivity contribution is 7.46. The summed E-state index contributed by atoms with van der Waals surface area (Å²) >= 11 is 0. The summed E-state index contributed by atoms with van der Waals surface area (Å²) in [5, 5.41) is 0. The third-order valence-corrected chi connectivity index (χ3v) is 8.27. The van der Waals surface area contributed by atoms with Crippen molar-refractivity contribution in [1.29, 1.82) is 0 Å². The van der Waals surface area contributed by atoms with Crippen LogP contribution in [0, 0.1) is 0 Å². The molecule has 1 atom stereocenters. The third kappa shape index (κ3) is 16.9. The lowest BCUT2D eigenvalue weighted by molar-refractivity contribution is -0.139. The molecule has 13 heteroatoms. The number of aryl methyl sites for hydroxylation is 3. The molecule has 0 aromatic heterocycles. The molecule has 256 valence electrons. The van der Waals surface area contributed by atoms with E-state index >= 15 is 0 Å². The molecule has 0 heterocycles. The Kier molecular flexibility index (Phi) is 15.9. The van der Waals surface area contributed by atoms with Crippen molar-refractivity contribution in [2.45, 2.75) is 115 Å². The Labute approximate surface area is 261 Å². The minimum absolute atomic E-state index is 0.0991. The molecule has 0 aliphatic carbocycles. The Morgan fingerprint density at radius 1 is 0.733 bits per heavy atom. The Bertz CT molecular complexity index is 1190. The van der Waals surface area contributed by atoms with Crippen molar-refractivity contribution >= 4 is 7.82 Å². The summed E-state index contributed by atoms with van der Waals surface area (Å²) in [5.41, 5.74) is 6.77. The first kappa shape index (κ1) is 39.1. The second kappa shape index (κ2) is 18.3.